The number of rotatable bonds is 8. The van der Waals surface area contributed by atoms with Crippen molar-refractivity contribution in [1.82, 2.24) is 5.32 Å². The van der Waals surface area contributed by atoms with E-state index < -0.39 is 0 Å². The molecule has 0 saturated heterocycles. The molecule has 2 heteroatoms. The Balaban J connectivity index is 1.49. The molecule has 0 amide bonds. The monoisotopic (exact) mass is 287 g/mol. The second-order valence-corrected chi connectivity index (χ2v) is 6.64. The molecule has 3 rings (SSSR count). The lowest BCUT2D eigenvalue weighted by Crippen LogP contribution is -2.31. The number of fused-ring (bicyclic) bond motifs is 1. The van der Waals surface area contributed by atoms with Gasteiger partial charge in [0.1, 0.15) is 0 Å². The van der Waals surface area contributed by atoms with Crippen LogP contribution >= 0.6 is 0 Å². The molecule has 2 aliphatic rings. The summed E-state index contributed by atoms with van der Waals surface area (Å²) in [5.41, 5.74) is 2.94. The first kappa shape index (κ1) is 15.1. The summed E-state index contributed by atoms with van der Waals surface area (Å²) in [7, 11) is 0. The molecule has 2 atom stereocenters. The quantitative estimate of drug-likeness (QED) is 0.772. The van der Waals surface area contributed by atoms with Crippen LogP contribution in [0, 0.1) is 5.92 Å². The SMILES string of the molecule is CCCNC(CCCC1OCCc2ccccc21)C1CC1. The van der Waals surface area contributed by atoms with Crippen LogP contribution in [0.25, 0.3) is 0 Å². The van der Waals surface area contributed by atoms with Crippen LogP contribution in [0.2, 0.25) is 0 Å². The van der Waals surface area contributed by atoms with E-state index in [1.165, 1.54) is 56.2 Å². The molecule has 116 valence electrons. The van der Waals surface area contributed by atoms with Crippen molar-refractivity contribution in [3.63, 3.8) is 0 Å². The molecule has 1 heterocycles. The third kappa shape index (κ3) is 4.08. The van der Waals surface area contributed by atoms with E-state index >= 15 is 0 Å². The van der Waals surface area contributed by atoms with Crippen molar-refractivity contribution in [2.45, 2.75) is 64.0 Å². The molecular weight excluding hydrogens is 258 g/mol. The van der Waals surface area contributed by atoms with Crippen LogP contribution in [0.4, 0.5) is 0 Å². The average molecular weight is 287 g/mol. The minimum atomic E-state index is 0.334. The highest BCUT2D eigenvalue weighted by molar-refractivity contribution is 5.30. The molecule has 0 bridgehead atoms. The van der Waals surface area contributed by atoms with Gasteiger partial charge in [0.05, 0.1) is 12.7 Å². The van der Waals surface area contributed by atoms with Crippen molar-refractivity contribution in [3.05, 3.63) is 35.4 Å². The van der Waals surface area contributed by atoms with E-state index in [4.69, 9.17) is 4.74 Å². The van der Waals surface area contributed by atoms with Crippen LogP contribution in [-0.2, 0) is 11.2 Å². The highest BCUT2D eigenvalue weighted by atomic mass is 16.5. The summed E-state index contributed by atoms with van der Waals surface area (Å²) in [6, 6.07) is 9.58. The number of nitrogens with one attached hydrogen (secondary N) is 1. The smallest absolute Gasteiger partial charge is 0.0827 e. The van der Waals surface area contributed by atoms with E-state index in [-0.39, 0.29) is 0 Å². The van der Waals surface area contributed by atoms with Crippen molar-refractivity contribution >= 4 is 0 Å². The van der Waals surface area contributed by atoms with Gasteiger partial charge in [-0.3, -0.25) is 0 Å². The number of benzene rings is 1. The molecule has 1 aliphatic carbocycles. The van der Waals surface area contributed by atoms with E-state index in [0.717, 1.165) is 25.0 Å². The van der Waals surface area contributed by atoms with E-state index in [0.29, 0.717) is 6.10 Å². The zero-order chi connectivity index (χ0) is 14.5. The Morgan fingerprint density at radius 2 is 2.14 bits per heavy atom. The minimum absolute atomic E-state index is 0.334. The highest BCUT2D eigenvalue weighted by Gasteiger charge is 2.30. The molecule has 1 aromatic rings. The van der Waals surface area contributed by atoms with Gasteiger partial charge in [0.15, 0.2) is 0 Å². The van der Waals surface area contributed by atoms with Crippen molar-refractivity contribution in [2.75, 3.05) is 13.2 Å². The molecule has 1 aromatic carbocycles. The fourth-order valence-electron chi connectivity index (χ4n) is 3.57. The van der Waals surface area contributed by atoms with Gasteiger partial charge in [-0.2, -0.15) is 0 Å². The minimum Gasteiger partial charge on any atom is -0.373 e. The molecule has 0 aromatic heterocycles. The summed E-state index contributed by atoms with van der Waals surface area (Å²) in [4.78, 5) is 0. The second kappa shape index (κ2) is 7.42. The predicted octanol–water partition coefficient (Wildman–Crippen LogP) is 4.25. The predicted molar refractivity (Wildman–Crippen MR) is 87.5 cm³/mol. The third-order valence-electron chi connectivity index (χ3n) is 4.92. The van der Waals surface area contributed by atoms with E-state index in [1.54, 1.807) is 0 Å². The Bertz CT molecular complexity index is 441. The van der Waals surface area contributed by atoms with Crippen molar-refractivity contribution in [1.29, 1.82) is 0 Å². The molecule has 1 fully saturated rings. The maximum Gasteiger partial charge on any atom is 0.0827 e. The first-order valence-electron chi connectivity index (χ1n) is 8.81. The van der Waals surface area contributed by atoms with Crippen molar-refractivity contribution in [2.24, 2.45) is 5.92 Å². The van der Waals surface area contributed by atoms with Crippen LogP contribution in [0.1, 0.15) is 62.7 Å². The van der Waals surface area contributed by atoms with Gasteiger partial charge in [-0.05, 0) is 68.5 Å². The summed E-state index contributed by atoms with van der Waals surface area (Å²) in [5, 5.41) is 3.75. The van der Waals surface area contributed by atoms with Gasteiger partial charge in [0.25, 0.3) is 0 Å². The lowest BCUT2D eigenvalue weighted by Gasteiger charge is -2.27. The van der Waals surface area contributed by atoms with E-state index in [9.17, 15) is 0 Å². The lowest BCUT2D eigenvalue weighted by atomic mass is 9.93. The van der Waals surface area contributed by atoms with Crippen LogP contribution in [-0.4, -0.2) is 19.2 Å². The van der Waals surface area contributed by atoms with Gasteiger partial charge in [-0.25, -0.2) is 0 Å². The Hall–Kier alpha value is -0.860. The van der Waals surface area contributed by atoms with E-state index in [1.807, 2.05) is 0 Å². The molecule has 21 heavy (non-hydrogen) atoms. The topological polar surface area (TPSA) is 21.3 Å². The largest absolute Gasteiger partial charge is 0.373 e. The van der Waals surface area contributed by atoms with Crippen LogP contribution in [0.15, 0.2) is 24.3 Å². The molecule has 1 N–H and O–H groups in total. The summed E-state index contributed by atoms with van der Waals surface area (Å²) in [6.45, 7) is 4.31. The Kier molecular flexibility index (Phi) is 5.32. The molecule has 1 saturated carbocycles. The van der Waals surface area contributed by atoms with Crippen molar-refractivity contribution in [3.8, 4) is 0 Å². The molecule has 0 spiro atoms. The van der Waals surface area contributed by atoms with Crippen LogP contribution < -0.4 is 5.32 Å². The average Bonchev–Trinajstić information content (AvgIpc) is 3.35. The normalized spacial score (nSPS) is 22.8. The summed E-state index contributed by atoms with van der Waals surface area (Å²) in [5.74, 6) is 0.955. The maximum absolute atomic E-state index is 6.02. The molecule has 1 aliphatic heterocycles. The van der Waals surface area contributed by atoms with E-state index in [2.05, 4.69) is 36.5 Å². The highest BCUT2D eigenvalue weighted by Crippen LogP contribution is 2.36. The zero-order valence-electron chi connectivity index (χ0n) is 13.3. The summed E-state index contributed by atoms with van der Waals surface area (Å²) >= 11 is 0. The fraction of sp³-hybridized carbons (Fsp3) is 0.684. The number of ether oxygens (including phenoxy) is 1. The third-order valence-corrected chi connectivity index (χ3v) is 4.92. The maximum atomic E-state index is 6.02. The molecule has 2 unspecified atom stereocenters. The Labute approximate surface area is 129 Å². The first-order chi connectivity index (χ1) is 10.4. The van der Waals surface area contributed by atoms with Gasteiger partial charge in [0.2, 0.25) is 0 Å². The second-order valence-electron chi connectivity index (χ2n) is 6.64. The molecule has 2 nitrogen and oxygen atoms in total. The first-order valence-corrected chi connectivity index (χ1v) is 8.81. The standard InChI is InChI=1S/C19H29NO/c1-2-13-20-18(16-10-11-16)8-5-9-19-17-7-4-3-6-15(17)12-14-21-19/h3-4,6-7,16,18-20H,2,5,8-14H2,1H3. The molecule has 0 radical (unpaired) electrons. The van der Waals surface area contributed by atoms with Gasteiger partial charge in [-0.15, -0.1) is 0 Å². The van der Waals surface area contributed by atoms with Gasteiger partial charge < -0.3 is 10.1 Å². The Morgan fingerprint density at radius 3 is 2.95 bits per heavy atom. The zero-order valence-corrected chi connectivity index (χ0v) is 13.3. The van der Waals surface area contributed by atoms with Crippen LogP contribution in [0.3, 0.4) is 0 Å². The lowest BCUT2D eigenvalue weighted by molar-refractivity contribution is 0.0343. The Morgan fingerprint density at radius 1 is 1.29 bits per heavy atom. The summed E-state index contributed by atoms with van der Waals surface area (Å²) in [6.07, 6.45) is 9.28. The fourth-order valence-corrected chi connectivity index (χ4v) is 3.57. The van der Waals surface area contributed by atoms with Gasteiger partial charge >= 0.3 is 0 Å². The van der Waals surface area contributed by atoms with Gasteiger partial charge in [-0.1, -0.05) is 31.2 Å². The number of hydrogen-bond donors (Lipinski definition) is 1. The van der Waals surface area contributed by atoms with Crippen molar-refractivity contribution < 1.29 is 4.74 Å². The summed E-state index contributed by atoms with van der Waals surface area (Å²) < 4.78 is 6.02. The van der Waals surface area contributed by atoms with Gasteiger partial charge in [0, 0.05) is 6.04 Å². The van der Waals surface area contributed by atoms with Crippen LogP contribution in [0.5, 0.6) is 0 Å². The molecular formula is C19H29NO. The number of hydrogen-bond acceptors (Lipinski definition) is 2.